The predicted molar refractivity (Wildman–Crippen MR) is 56.7 cm³/mol. The Morgan fingerprint density at radius 1 is 1.23 bits per heavy atom. The first-order valence-electron chi connectivity index (χ1n) is 3.54. The lowest BCUT2D eigenvalue weighted by Crippen LogP contribution is -1.95. The molecule has 0 aliphatic heterocycles. The molecule has 1 rings (SSSR count). The fourth-order valence-corrected chi connectivity index (χ4v) is 2.77. The van der Waals surface area contributed by atoms with Crippen LogP contribution in [0.5, 0.6) is 0 Å². The molecule has 0 radical (unpaired) electrons. The van der Waals surface area contributed by atoms with Crippen molar-refractivity contribution in [2.45, 2.75) is 18.7 Å². The first-order chi connectivity index (χ1) is 5.82. The average molecular weight is 284 g/mol. The van der Waals surface area contributed by atoms with Crippen molar-refractivity contribution < 1.29 is 8.42 Å². The smallest absolute Gasteiger partial charge is 0.207 e. The number of benzene rings is 1. The minimum Gasteiger partial charge on any atom is -0.207 e. The molecule has 0 aliphatic carbocycles. The van der Waals surface area contributed by atoms with Crippen LogP contribution in [-0.2, 0) is 9.05 Å². The molecule has 0 atom stereocenters. The molecule has 0 unspecified atom stereocenters. The van der Waals surface area contributed by atoms with E-state index >= 15 is 0 Å². The maximum atomic E-state index is 11.1. The van der Waals surface area contributed by atoms with Crippen LogP contribution in [0.2, 0.25) is 0 Å². The van der Waals surface area contributed by atoms with E-state index in [1.54, 1.807) is 13.0 Å². The molecule has 0 aliphatic rings. The zero-order valence-corrected chi connectivity index (χ0v) is 10.3. The Labute approximate surface area is 90.5 Å². The van der Waals surface area contributed by atoms with Crippen molar-refractivity contribution in [3.05, 3.63) is 27.7 Å². The summed E-state index contributed by atoms with van der Waals surface area (Å²) in [5.74, 6) is 0. The molecular formula is C8H8BrClO2S. The summed E-state index contributed by atoms with van der Waals surface area (Å²) >= 11 is 3.25. The van der Waals surface area contributed by atoms with Crippen LogP contribution in [0.4, 0.5) is 0 Å². The lowest BCUT2D eigenvalue weighted by molar-refractivity contribution is 0.609. The van der Waals surface area contributed by atoms with Crippen LogP contribution in [0.15, 0.2) is 21.5 Å². The highest BCUT2D eigenvalue weighted by Crippen LogP contribution is 2.26. The van der Waals surface area contributed by atoms with Crippen LogP contribution in [0, 0.1) is 13.8 Å². The van der Waals surface area contributed by atoms with Gasteiger partial charge in [-0.05, 0) is 31.0 Å². The Hall–Kier alpha value is -0.0600. The number of halogens is 2. The molecule has 0 spiro atoms. The van der Waals surface area contributed by atoms with Crippen molar-refractivity contribution in [2.75, 3.05) is 0 Å². The Bertz CT molecular complexity index is 440. The van der Waals surface area contributed by atoms with E-state index in [0.29, 0.717) is 5.56 Å². The second-order valence-corrected chi connectivity index (χ2v) is 6.19. The molecule has 13 heavy (non-hydrogen) atoms. The van der Waals surface area contributed by atoms with Gasteiger partial charge < -0.3 is 0 Å². The van der Waals surface area contributed by atoms with E-state index in [0.717, 1.165) is 10.0 Å². The Kier molecular flexibility index (Phi) is 3.05. The van der Waals surface area contributed by atoms with Crippen LogP contribution >= 0.6 is 26.6 Å². The highest BCUT2D eigenvalue weighted by molar-refractivity contribution is 9.10. The highest BCUT2D eigenvalue weighted by atomic mass is 79.9. The largest absolute Gasteiger partial charge is 0.261 e. The van der Waals surface area contributed by atoms with Crippen molar-refractivity contribution in [1.29, 1.82) is 0 Å². The second-order valence-electron chi connectivity index (χ2n) is 2.80. The lowest BCUT2D eigenvalue weighted by Gasteiger charge is -2.04. The van der Waals surface area contributed by atoms with Gasteiger partial charge in [-0.2, -0.15) is 0 Å². The van der Waals surface area contributed by atoms with Gasteiger partial charge in [0.25, 0.3) is 9.05 Å². The molecule has 0 bridgehead atoms. The number of hydrogen-bond donors (Lipinski definition) is 0. The summed E-state index contributed by atoms with van der Waals surface area (Å²) in [5, 5.41) is 0. The van der Waals surface area contributed by atoms with E-state index < -0.39 is 9.05 Å². The summed E-state index contributed by atoms with van der Waals surface area (Å²) in [7, 11) is 1.61. The minimum absolute atomic E-state index is 0.159. The van der Waals surface area contributed by atoms with Crippen LogP contribution in [0.3, 0.4) is 0 Å². The molecule has 2 nitrogen and oxygen atoms in total. The molecule has 0 saturated heterocycles. The van der Waals surface area contributed by atoms with Crippen molar-refractivity contribution in [2.24, 2.45) is 0 Å². The average Bonchev–Trinajstić information content (AvgIpc) is 1.94. The molecule has 0 saturated carbocycles. The summed E-state index contributed by atoms with van der Waals surface area (Å²) < 4.78 is 22.9. The first kappa shape index (κ1) is 11.0. The quantitative estimate of drug-likeness (QED) is 0.743. The first-order valence-corrected chi connectivity index (χ1v) is 6.64. The Balaban J connectivity index is 3.50. The van der Waals surface area contributed by atoms with Crippen LogP contribution in [-0.4, -0.2) is 8.42 Å². The molecule has 72 valence electrons. The van der Waals surface area contributed by atoms with Gasteiger partial charge in [-0.15, -0.1) is 0 Å². The molecule has 0 N–H and O–H groups in total. The molecule has 5 heteroatoms. The number of rotatable bonds is 1. The Morgan fingerprint density at radius 3 is 2.23 bits per heavy atom. The summed E-state index contributed by atoms with van der Waals surface area (Å²) in [5.41, 5.74) is 1.65. The molecule has 0 heterocycles. The minimum atomic E-state index is -3.63. The summed E-state index contributed by atoms with van der Waals surface area (Å²) in [6, 6.07) is 3.30. The molecular weight excluding hydrogens is 276 g/mol. The van der Waals surface area contributed by atoms with Gasteiger partial charge in [-0.3, -0.25) is 0 Å². The fourth-order valence-electron chi connectivity index (χ4n) is 1.07. The standard InChI is InChI=1S/C8H8BrClO2S/c1-5-3-6(2)8(4-7(5)9)13(10,11)12/h3-4H,1-2H3. The van der Waals surface area contributed by atoms with Crippen LogP contribution in [0.1, 0.15) is 11.1 Å². The monoisotopic (exact) mass is 282 g/mol. The lowest BCUT2D eigenvalue weighted by atomic mass is 10.2. The summed E-state index contributed by atoms with van der Waals surface area (Å²) in [6.07, 6.45) is 0. The SMILES string of the molecule is Cc1cc(C)c(S(=O)(=O)Cl)cc1Br. The van der Waals surface area contributed by atoms with E-state index in [4.69, 9.17) is 10.7 Å². The Morgan fingerprint density at radius 2 is 1.77 bits per heavy atom. The predicted octanol–water partition coefficient (Wildman–Crippen LogP) is 2.99. The van der Waals surface area contributed by atoms with E-state index in [2.05, 4.69) is 15.9 Å². The van der Waals surface area contributed by atoms with E-state index in [-0.39, 0.29) is 4.90 Å². The zero-order valence-electron chi connectivity index (χ0n) is 7.14. The van der Waals surface area contributed by atoms with Gasteiger partial charge in [0.15, 0.2) is 0 Å². The van der Waals surface area contributed by atoms with Crippen molar-refractivity contribution >= 4 is 35.7 Å². The van der Waals surface area contributed by atoms with Crippen molar-refractivity contribution in [3.63, 3.8) is 0 Å². The van der Waals surface area contributed by atoms with E-state index in [1.807, 2.05) is 6.92 Å². The maximum Gasteiger partial charge on any atom is 0.261 e. The molecule has 0 aromatic heterocycles. The molecule has 0 fully saturated rings. The van der Waals surface area contributed by atoms with Gasteiger partial charge in [0, 0.05) is 15.2 Å². The van der Waals surface area contributed by atoms with Gasteiger partial charge in [0.05, 0.1) is 4.90 Å². The maximum absolute atomic E-state index is 11.1. The molecule has 1 aromatic rings. The fraction of sp³-hybridized carbons (Fsp3) is 0.250. The summed E-state index contributed by atoms with van der Waals surface area (Å²) in [4.78, 5) is 0.159. The van der Waals surface area contributed by atoms with Gasteiger partial charge in [-0.25, -0.2) is 8.42 Å². The van der Waals surface area contributed by atoms with Gasteiger partial charge in [-0.1, -0.05) is 22.0 Å². The van der Waals surface area contributed by atoms with Crippen molar-refractivity contribution in [3.8, 4) is 0 Å². The number of hydrogen-bond acceptors (Lipinski definition) is 2. The molecule has 1 aromatic carbocycles. The van der Waals surface area contributed by atoms with Crippen LogP contribution < -0.4 is 0 Å². The third kappa shape index (κ3) is 2.45. The normalized spacial score (nSPS) is 11.7. The van der Waals surface area contributed by atoms with E-state index in [1.165, 1.54) is 6.07 Å². The van der Waals surface area contributed by atoms with E-state index in [9.17, 15) is 8.42 Å². The third-order valence-electron chi connectivity index (χ3n) is 1.72. The van der Waals surface area contributed by atoms with Gasteiger partial charge >= 0.3 is 0 Å². The topological polar surface area (TPSA) is 34.1 Å². The van der Waals surface area contributed by atoms with Gasteiger partial charge in [0.1, 0.15) is 0 Å². The molecule has 0 amide bonds. The van der Waals surface area contributed by atoms with Crippen molar-refractivity contribution in [1.82, 2.24) is 0 Å². The van der Waals surface area contributed by atoms with Gasteiger partial charge in [0.2, 0.25) is 0 Å². The second kappa shape index (κ2) is 3.59. The number of aryl methyl sites for hydroxylation is 2. The zero-order chi connectivity index (χ0) is 10.2. The van der Waals surface area contributed by atoms with Crippen LogP contribution in [0.25, 0.3) is 0 Å². The third-order valence-corrected chi connectivity index (χ3v) is 4.04. The summed E-state index contributed by atoms with van der Waals surface area (Å²) in [6.45, 7) is 3.61. The highest BCUT2D eigenvalue weighted by Gasteiger charge is 2.14.